The number of nitrogens with one attached hydrogen (secondary N) is 1. The molecular weight excluding hydrogens is 534 g/mol. The van der Waals surface area contributed by atoms with Crippen LogP contribution in [0.3, 0.4) is 0 Å². The quantitative estimate of drug-likeness (QED) is 0.310. The van der Waals surface area contributed by atoms with Gasteiger partial charge in [0.1, 0.15) is 12.6 Å². The molecule has 0 spiro atoms. The minimum Gasteiger partial charge on any atom is -0.352 e. The van der Waals surface area contributed by atoms with Crippen LogP contribution in [0.1, 0.15) is 69.9 Å². The van der Waals surface area contributed by atoms with Crippen molar-refractivity contribution in [2.75, 3.05) is 10.8 Å². The third-order valence-corrected chi connectivity index (χ3v) is 9.56. The van der Waals surface area contributed by atoms with E-state index < -0.39 is 28.5 Å². The summed E-state index contributed by atoms with van der Waals surface area (Å²) in [6.07, 6.45) is 5.19. The molecule has 3 aromatic rings. The van der Waals surface area contributed by atoms with Gasteiger partial charge in [-0.15, -0.1) is 0 Å². The summed E-state index contributed by atoms with van der Waals surface area (Å²) in [4.78, 5) is 29.0. The predicted molar refractivity (Wildman–Crippen MR) is 163 cm³/mol. The van der Waals surface area contributed by atoms with Crippen molar-refractivity contribution in [1.82, 2.24) is 10.2 Å². The van der Waals surface area contributed by atoms with Gasteiger partial charge in [-0.2, -0.15) is 0 Å². The molecular formula is C33H41N3O4S. The first-order chi connectivity index (χ1) is 19.7. The largest absolute Gasteiger partial charge is 0.352 e. The summed E-state index contributed by atoms with van der Waals surface area (Å²) in [5, 5.41) is 3.13. The van der Waals surface area contributed by atoms with Gasteiger partial charge in [0.15, 0.2) is 0 Å². The lowest BCUT2D eigenvalue weighted by Gasteiger charge is -2.33. The molecule has 3 aromatic carbocycles. The fraction of sp³-hybridized carbons (Fsp3) is 0.394. The molecule has 7 nitrogen and oxygen atoms in total. The van der Waals surface area contributed by atoms with E-state index in [0.29, 0.717) is 5.69 Å². The molecule has 0 saturated heterocycles. The average Bonchev–Trinajstić information content (AvgIpc) is 2.99. The van der Waals surface area contributed by atoms with Gasteiger partial charge in [-0.1, -0.05) is 93.8 Å². The number of sulfonamides is 1. The molecule has 1 saturated carbocycles. The molecule has 0 heterocycles. The third-order valence-electron chi connectivity index (χ3n) is 7.77. The number of amides is 2. The maximum atomic E-state index is 14.1. The molecule has 218 valence electrons. The van der Waals surface area contributed by atoms with Crippen LogP contribution >= 0.6 is 0 Å². The molecule has 1 aliphatic rings. The third kappa shape index (κ3) is 7.76. The molecule has 1 N–H and O–H groups in total. The Hall–Kier alpha value is -3.65. The molecule has 4 rings (SSSR count). The fourth-order valence-corrected chi connectivity index (χ4v) is 6.64. The number of anilines is 1. The standard InChI is InChI=1S/C33H41N3O4S/c1-25(2)28-19-21-30(22-20-28)36(41(39,40)31-17-11-6-12-18-31)24-32(37)35(23-27-13-7-4-8-14-27)26(3)33(38)34-29-15-9-5-10-16-29/h4,6-8,11-14,17-22,25-26,29H,5,9-10,15-16,23-24H2,1-3H3,(H,34,38). The van der Waals surface area contributed by atoms with Gasteiger partial charge in [-0.3, -0.25) is 13.9 Å². The van der Waals surface area contributed by atoms with Crippen LogP contribution in [0.4, 0.5) is 5.69 Å². The number of carbonyl (C=O) groups excluding carboxylic acids is 2. The SMILES string of the molecule is CC(C)c1ccc(N(CC(=O)N(Cc2ccccc2)C(C)C(=O)NC2CCCCC2)S(=O)(=O)c2ccccc2)cc1. The van der Waals surface area contributed by atoms with Crippen molar-refractivity contribution in [3.8, 4) is 0 Å². The molecule has 1 unspecified atom stereocenters. The van der Waals surface area contributed by atoms with E-state index in [1.807, 2.05) is 42.5 Å². The Labute approximate surface area is 244 Å². The summed E-state index contributed by atoms with van der Waals surface area (Å²) in [6, 6.07) is 24.1. The van der Waals surface area contributed by atoms with Crippen LogP contribution in [-0.2, 0) is 26.2 Å². The topological polar surface area (TPSA) is 86.8 Å². The zero-order valence-corrected chi connectivity index (χ0v) is 25.0. The van der Waals surface area contributed by atoms with E-state index in [1.54, 1.807) is 37.3 Å². The van der Waals surface area contributed by atoms with Gasteiger partial charge in [-0.05, 0) is 61.1 Å². The zero-order valence-electron chi connectivity index (χ0n) is 24.2. The van der Waals surface area contributed by atoms with E-state index in [1.165, 1.54) is 23.5 Å². The first-order valence-electron chi connectivity index (χ1n) is 14.5. The molecule has 0 aliphatic heterocycles. The summed E-state index contributed by atoms with van der Waals surface area (Å²) in [5.74, 6) is -0.401. The molecule has 0 aromatic heterocycles. The molecule has 2 amide bonds. The Balaban J connectivity index is 1.66. The van der Waals surface area contributed by atoms with Gasteiger partial charge in [0.2, 0.25) is 11.8 Å². The van der Waals surface area contributed by atoms with Crippen LogP contribution < -0.4 is 9.62 Å². The summed E-state index contributed by atoms with van der Waals surface area (Å²) in [6.45, 7) is 5.60. The zero-order chi connectivity index (χ0) is 29.4. The molecule has 1 fully saturated rings. The highest BCUT2D eigenvalue weighted by Gasteiger charge is 2.33. The Kier molecular flexibility index (Phi) is 10.2. The minimum atomic E-state index is -4.07. The summed E-state index contributed by atoms with van der Waals surface area (Å²) in [7, 11) is -4.07. The predicted octanol–water partition coefficient (Wildman–Crippen LogP) is 5.87. The molecule has 0 radical (unpaired) electrons. The molecule has 1 atom stereocenters. The highest BCUT2D eigenvalue weighted by molar-refractivity contribution is 7.92. The van der Waals surface area contributed by atoms with Crippen molar-refractivity contribution < 1.29 is 18.0 Å². The van der Waals surface area contributed by atoms with E-state index in [2.05, 4.69) is 19.2 Å². The van der Waals surface area contributed by atoms with Crippen LogP contribution in [0.2, 0.25) is 0 Å². The average molecular weight is 576 g/mol. The van der Waals surface area contributed by atoms with E-state index in [4.69, 9.17) is 0 Å². The number of hydrogen-bond acceptors (Lipinski definition) is 4. The van der Waals surface area contributed by atoms with E-state index in [0.717, 1.165) is 41.1 Å². The van der Waals surface area contributed by atoms with E-state index >= 15 is 0 Å². The Morgan fingerprint density at radius 1 is 0.829 bits per heavy atom. The van der Waals surface area contributed by atoms with Gasteiger partial charge in [-0.25, -0.2) is 8.42 Å². The van der Waals surface area contributed by atoms with Crippen LogP contribution in [0.25, 0.3) is 0 Å². The van der Waals surface area contributed by atoms with Crippen molar-refractivity contribution >= 4 is 27.5 Å². The Bertz CT molecular complexity index is 1390. The second-order valence-electron chi connectivity index (χ2n) is 11.1. The van der Waals surface area contributed by atoms with Crippen LogP contribution in [0.5, 0.6) is 0 Å². The second kappa shape index (κ2) is 13.8. The smallest absolute Gasteiger partial charge is 0.264 e. The summed E-state index contributed by atoms with van der Waals surface area (Å²) >= 11 is 0. The number of hydrogen-bond donors (Lipinski definition) is 1. The Morgan fingerprint density at radius 3 is 2.00 bits per heavy atom. The van der Waals surface area contributed by atoms with Crippen LogP contribution in [0, 0.1) is 0 Å². The Morgan fingerprint density at radius 2 is 1.41 bits per heavy atom. The second-order valence-corrected chi connectivity index (χ2v) is 13.0. The van der Waals surface area contributed by atoms with Gasteiger partial charge in [0.05, 0.1) is 10.6 Å². The molecule has 1 aliphatic carbocycles. The maximum absolute atomic E-state index is 14.1. The molecule has 41 heavy (non-hydrogen) atoms. The van der Waals surface area contributed by atoms with Gasteiger partial charge in [0.25, 0.3) is 10.0 Å². The van der Waals surface area contributed by atoms with Crippen LogP contribution in [-0.4, -0.2) is 43.8 Å². The first kappa shape index (κ1) is 30.3. The minimum absolute atomic E-state index is 0.0958. The molecule has 8 heteroatoms. The van der Waals surface area contributed by atoms with Crippen molar-refractivity contribution in [3.63, 3.8) is 0 Å². The first-order valence-corrected chi connectivity index (χ1v) is 15.9. The fourth-order valence-electron chi connectivity index (χ4n) is 5.21. The van der Waals surface area contributed by atoms with Crippen molar-refractivity contribution in [2.24, 2.45) is 0 Å². The number of nitrogens with zero attached hydrogens (tertiary/aromatic N) is 2. The van der Waals surface area contributed by atoms with E-state index in [9.17, 15) is 18.0 Å². The highest BCUT2D eigenvalue weighted by Crippen LogP contribution is 2.27. The summed E-state index contributed by atoms with van der Waals surface area (Å²) < 4.78 is 29.0. The number of rotatable bonds is 11. The number of carbonyl (C=O) groups is 2. The molecule has 0 bridgehead atoms. The van der Waals surface area contributed by atoms with Crippen molar-refractivity contribution in [2.45, 2.75) is 82.3 Å². The maximum Gasteiger partial charge on any atom is 0.264 e. The monoisotopic (exact) mass is 575 g/mol. The van der Waals surface area contributed by atoms with E-state index in [-0.39, 0.29) is 29.3 Å². The lowest BCUT2D eigenvalue weighted by molar-refractivity contribution is -0.139. The lowest BCUT2D eigenvalue weighted by Crippen LogP contribution is -2.53. The normalized spacial score (nSPS) is 14.8. The van der Waals surface area contributed by atoms with Gasteiger partial charge >= 0.3 is 0 Å². The summed E-state index contributed by atoms with van der Waals surface area (Å²) in [5.41, 5.74) is 2.32. The van der Waals surface area contributed by atoms with Crippen LogP contribution in [0.15, 0.2) is 89.8 Å². The lowest BCUT2D eigenvalue weighted by atomic mass is 9.95. The number of benzene rings is 3. The van der Waals surface area contributed by atoms with Crippen molar-refractivity contribution in [3.05, 3.63) is 96.1 Å². The van der Waals surface area contributed by atoms with Gasteiger partial charge in [0, 0.05) is 12.6 Å². The highest BCUT2D eigenvalue weighted by atomic mass is 32.2. The van der Waals surface area contributed by atoms with Gasteiger partial charge < -0.3 is 10.2 Å². The van der Waals surface area contributed by atoms with Crippen molar-refractivity contribution in [1.29, 1.82) is 0 Å².